The zero-order valence-corrected chi connectivity index (χ0v) is 12.7. The highest BCUT2D eigenvalue weighted by atomic mass is 32.1. The molecule has 0 aliphatic rings. The van der Waals surface area contributed by atoms with Crippen LogP contribution in [0.4, 0.5) is 0 Å². The Labute approximate surface area is 118 Å². The van der Waals surface area contributed by atoms with Crippen molar-refractivity contribution in [2.45, 2.75) is 34.6 Å². The highest BCUT2D eigenvalue weighted by Crippen LogP contribution is 2.21. The first kappa shape index (κ1) is 13.7. The minimum absolute atomic E-state index is 0.352. The highest BCUT2D eigenvalue weighted by molar-refractivity contribution is 7.80. The Balaban J connectivity index is 2.81. The predicted octanol–water partition coefficient (Wildman–Crippen LogP) is 2.44. The molecule has 2 aromatic heterocycles. The summed E-state index contributed by atoms with van der Waals surface area (Å²) in [4.78, 5) is 4.93. The van der Waals surface area contributed by atoms with Crippen LogP contribution in [0.3, 0.4) is 0 Å². The van der Waals surface area contributed by atoms with Crippen molar-refractivity contribution in [3.63, 3.8) is 0 Å². The third-order valence-corrected chi connectivity index (χ3v) is 3.63. The van der Waals surface area contributed by atoms with Gasteiger partial charge in [-0.25, -0.2) is 9.67 Å². The summed E-state index contributed by atoms with van der Waals surface area (Å²) in [6.07, 6.45) is 0. The molecule has 0 amide bonds. The molecule has 0 aliphatic heterocycles. The first-order valence-electron chi connectivity index (χ1n) is 6.14. The molecule has 2 aromatic rings. The number of aromatic nitrogens is 3. The Morgan fingerprint density at radius 3 is 2.32 bits per heavy atom. The minimum Gasteiger partial charge on any atom is -0.389 e. The lowest BCUT2D eigenvalue weighted by atomic mass is 10.1. The van der Waals surface area contributed by atoms with Crippen LogP contribution in [-0.4, -0.2) is 19.8 Å². The average molecular weight is 274 g/mol. The van der Waals surface area contributed by atoms with Gasteiger partial charge in [0.05, 0.1) is 11.3 Å². The summed E-state index contributed by atoms with van der Waals surface area (Å²) in [6.45, 7) is 10.0. The van der Waals surface area contributed by atoms with Crippen molar-refractivity contribution in [3.05, 3.63) is 39.8 Å². The van der Waals surface area contributed by atoms with Crippen molar-refractivity contribution in [1.82, 2.24) is 14.8 Å². The maximum Gasteiger partial charge on any atom is 0.164 e. The molecule has 0 unspecified atom stereocenters. The second-order valence-electron chi connectivity index (χ2n) is 4.85. The second-order valence-corrected chi connectivity index (χ2v) is 5.29. The van der Waals surface area contributed by atoms with Crippen molar-refractivity contribution in [3.8, 4) is 5.82 Å². The number of hydrogen-bond acceptors (Lipinski definition) is 3. The molecule has 2 N–H and O–H groups in total. The van der Waals surface area contributed by atoms with Gasteiger partial charge in [0.25, 0.3) is 0 Å². The summed E-state index contributed by atoms with van der Waals surface area (Å²) in [5.74, 6) is 0.721. The molecule has 0 aliphatic carbocycles. The van der Waals surface area contributed by atoms with Gasteiger partial charge in [0.1, 0.15) is 4.99 Å². The van der Waals surface area contributed by atoms with Gasteiger partial charge in [-0.2, -0.15) is 5.10 Å². The molecular weight excluding hydrogens is 256 g/mol. The number of aryl methyl sites for hydroxylation is 3. The van der Waals surface area contributed by atoms with E-state index in [0.29, 0.717) is 4.99 Å². The zero-order chi connectivity index (χ0) is 14.3. The molecule has 5 heteroatoms. The van der Waals surface area contributed by atoms with E-state index >= 15 is 0 Å². The Bertz CT molecular complexity index is 671. The lowest BCUT2D eigenvalue weighted by molar-refractivity contribution is 0.797. The number of pyridine rings is 1. The van der Waals surface area contributed by atoms with Gasteiger partial charge in [0, 0.05) is 11.4 Å². The summed E-state index contributed by atoms with van der Waals surface area (Å²) in [5, 5.41) is 4.54. The third kappa shape index (κ3) is 2.26. The molecule has 100 valence electrons. The third-order valence-electron chi connectivity index (χ3n) is 3.43. The molecule has 0 fully saturated rings. The van der Waals surface area contributed by atoms with Crippen LogP contribution in [0.2, 0.25) is 0 Å². The SMILES string of the molecule is Cc1cc(C)c(C(N)=S)c(-n2nc(C)c(C)c2C)n1. The first-order valence-corrected chi connectivity index (χ1v) is 6.55. The fraction of sp³-hybridized carbons (Fsp3) is 0.357. The van der Waals surface area contributed by atoms with E-state index < -0.39 is 0 Å². The fourth-order valence-corrected chi connectivity index (χ4v) is 2.45. The standard InChI is InChI=1S/C14H18N4S/c1-7-6-8(2)16-14(12(7)13(15)19)18-11(5)9(3)10(4)17-18/h6H,1-5H3,(H2,15,19). The fourth-order valence-electron chi connectivity index (χ4n) is 2.20. The largest absolute Gasteiger partial charge is 0.389 e. The maximum atomic E-state index is 5.85. The molecular formula is C14H18N4S. The molecule has 19 heavy (non-hydrogen) atoms. The van der Waals surface area contributed by atoms with Gasteiger partial charge in [0.15, 0.2) is 5.82 Å². The van der Waals surface area contributed by atoms with Crippen LogP contribution in [0.15, 0.2) is 6.07 Å². The molecule has 0 bridgehead atoms. The average Bonchev–Trinajstić information content (AvgIpc) is 2.55. The number of rotatable bonds is 2. The zero-order valence-electron chi connectivity index (χ0n) is 11.9. The number of thiocarbonyl (C=S) groups is 1. The number of hydrogen-bond donors (Lipinski definition) is 1. The van der Waals surface area contributed by atoms with Crippen LogP contribution in [0.1, 0.15) is 33.8 Å². The van der Waals surface area contributed by atoms with Crippen LogP contribution in [0.25, 0.3) is 5.82 Å². The van der Waals surface area contributed by atoms with E-state index in [1.807, 2.05) is 38.4 Å². The van der Waals surface area contributed by atoms with Crippen LogP contribution >= 0.6 is 12.2 Å². The first-order chi connectivity index (χ1) is 8.82. The van der Waals surface area contributed by atoms with Crippen molar-refractivity contribution < 1.29 is 0 Å². The Kier molecular flexibility index (Phi) is 3.41. The quantitative estimate of drug-likeness (QED) is 0.855. The van der Waals surface area contributed by atoms with Crippen LogP contribution in [0, 0.1) is 34.6 Å². The van der Waals surface area contributed by atoms with E-state index in [1.54, 1.807) is 0 Å². The van der Waals surface area contributed by atoms with Gasteiger partial charge < -0.3 is 5.73 Å². The van der Waals surface area contributed by atoms with Gasteiger partial charge in [-0.05, 0) is 51.8 Å². The molecule has 0 radical (unpaired) electrons. The Morgan fingerprint density at radius 2 is 1.84 bits per heavy atom. The van der Waals surface area contributed by atoms with Gasteiger partial charge >= 0.3 is 0 Å². The van der Waals surface area contributed by atoms with E-state index in [9.17, 15) is 0 Å². The Morgan fingerprint density at radius 1 is 1.21 bits per heavy atom. The molecule has 2 rings (SSSR count). The molecule has 0 atom stereocenters. The summed E-state index contributed by atoms with van der Waals surface area (Å²) in [5.41, 5.74) is 11.8. The van der Waals surface area contributed by atoms with Crippen molar-refractivity contribution in [2.75, 3.05) is 0 Å². The van der Waals surface area contributed by atoms with E-state index in [4.69, 9.17) is 18.0 Å². The van der Waals surface area contributed by atoms with Crippen LogP contribution in [-0.2, 0) is 0 Å². The van der Waals surface area contributed by atoms with Crippen molar-refractivity contribution in [1.29, 1.82) is 0 Å². The van der Waals surface area contributed by atoms with E-state index in [-0.39, 0.29) is 0 Å². The van der Waals surface area contributed by atoms with E-state index in [2.05, 4.69) is 17.0 Å². The molecule has 0 spiro atoms. The van der Waals surface area contributed by atoms with E-state index in [1.165, 1.54) is 0 Å². The van der Waals surface area contributed by atoms with Crippen molar-refractivity contribution in [2.24, 2.45) is 5.73 Å². The monoisotopic (exact) mass is 274 g/mol. The summed E-state index contributed by atoms with van der Waals surface area (Å²) in [6, 6.07) is 1.98. The minimum atomic E-state index is 0.352. The van der Waals surface area contributed by atoms with Crippen LogP contribution < -0.4 is 5.73 Å². The molecule has 0 saturated heterocycles. The molecule has 0 aromatic carbocycles. The van der Waals surface area contributed by atoms with Gasteiger partial charge in [-0.1, -0.05) is 12.2 Å². The summed E-state index contributed by atoms with van der Waals surface area (Å²) >= 11 is 5.16. The normalized spacial score (nSPS) is 10.8. The van der Waals surface area contributed by atoms with Gasteiger partial charge in [-0.3, -0.25) is 0 Å². The number of nitrogens with zero attached hydrogens (tertiary/aromatic N) is 3. The molecule has 0 saturated carbocycles. The lowest BCUT2D eigenvalue weighted by Crippen LogP contribution is -2.18. The predicted molar refractivity (Wildman–Crippen MR) is 80.9 cm³/mol. The highest BCUT2D eigenvalue weighted by Gasteiger charge is 2.17. The molecule has 2 heterocycles. The smallest absolute Gasteiger partial charge is 0.164 e. The van der Waals surface area contributed by atoms with Crippen LogP contribution in [0.5, 0.6) is 0 Å². The topological polar surface area (TPSA) is 56.7 Å². The maximum absolute atomic E-state index is 5.85. The lowest BCUT2D eigenvalue weighted by Gasteiger charge is -2.13. The summed E-state index contributed by atoms with van der Waals surface area (Å²) < 4.78 is 1.83. The van der Waals surface area contributed by atoms with Gasteiger partial charge in [0.2, 0.25) is 0 Å². The van der Waals surface area contributed by atoms with Gasteiger partial charge in [-0.15, -0.1) is 0 Å². The summed E-state index contributed by atoms with van der Waals surface area (Å²) in [7, 11) is 0. The molecule has 4 nitrogen and oxygen atoms in total. The Hall–Kier alpha value is -1.75. The van der Waals surface area contributed by atoms with Crippen molar-refractivity contribution >= 4 is 17.2 Å². The second kappa shape index (κ2) is 4.74. The number of nitrogens with two attached hydrogens (primary N) is 1. The van der Waals surface area contributed by atoms with E-state index in [0.717, 1.165) is 39.6 Å².